The Hall–Kier alpha value is -2.97. The van der Waals surface area contributed by atoms with Gasteiger partial charge in [-0.3, -0.25) is 23.5 Å². The van der Waals surface area contributed by atoms with Gasteiger partial charge in [0.05, 0.1) is 12.0 Å². The van der Waals surface area contributed by atoms with Crippen molar-refractivity contribution < 1.29 is 14.3 Å². The molecule has 0 radical (unpaired) electrons. The minimum absolute atomic E-state index is 0.0794. The number of esters is 1. The van der Waals surface area contributed by atoms with Gasteiger partial charge in [0.2, 0.25) is 0 Å². The van der Waals surface area contributed by atoms with E-state index in [-0.39, 0.29) is 29.9 Å². The van der Waals surface area contributed by atoms with E-state index in [1.807, 2.05) is 0 Å². The lowest BCUT2D eigenvalue weighted by atomic mass is 10.2. The molecular weight excluding hydrogens is 352 g/mol. The van der Waals surface area contributed by atoms with E-state index in [2.05, 4.69) is 4.98 Å². The van der Waals surface area contributed by atoms with Crippen molar-refractivity contribution in [3.63, 3.8) is 0 Å². The molecule has 144 valence electrons. The van der Waals surface area contributed by atoms with Gasteiger partial charge in [0.1, 0.15) is 17.9 Å². The SMILES string of the molecule is CCOC(=O)CN(CC1CC1)C(=O)c1ccc2c(=O)n(C)c(=O)n(C)c2n1. The Labute approximate surface area is 155 Å². The Balaban J connectivity index is 1.98. The van der Waals surface area contributed by atoms with Gasteiger partial charge in [-0.25, -0.2) is 9.78 Å². The molecule has 0 aromatic carbocycles. The Morgan fingerprint density at radius 2 is 1.93 bits per heavy atom. The molecule has 1 fully saturated rings. The highest BCUT2D eigenvalue weighted by molar-refractivity contribution is 5.96. The Kier molecular flexibility index (Phi) is 5.11. The van der Waals surface area contributed by atoms with Gasteiger partial charge in [-0.2, -0.15) is 0 Å². The minimum Gasteiger partial charge on any atom is -0.465 e. The zero-order valence-corrected chi connectivity index (χ0v) is 15.6. The molecule has 0 bridgehead atoms. The van der Waals surface area contributed by atoms with Gasteiger partial charge < -0.3 is 9.64 Å². The van der Waals surface area contributed by atoms with Gasteiger partial charge >= 0.3 is 11.7 Å². The largest absolute Gasteiger partial charge is 0.465 e. The number of ether oxygens (including phenoxy) is 1. The van der Waals surface area contributed by atoms with E-state index < -0.39 is 23.1 Å². The summed E-state index contributed by atoms with van der Waals surface area (Å²) in [7, 11) is 2.88. The molecular formula is C18H22N4O5. The molecule has 0 N–H and O–H groups in total. The predicted molar refractivity (Wildman–Crippen MR) is 97.5 cm³/mol. The van der Waals surface area contributed by atoms with Gasteiger partial charge in [0.15, 0.2) is 0 Å². The van der Waals surface area contributed by atoms with Gasteiger partial charge in [-0.05, 0) is 37.8 Å². The van der Waals surface area contributed by atoms with Gasteiger partial charge in [-0.1, -0.05) is 0 Å². The van der Waals surface area contributed by atoms with E-state index in [0.29, 0.717) is 12.5 Å². The van der Waals surface area contributed by atoms with Crippen molar-refractivity contribution in [3.05, 3.63) is 38.7 Å². The van der Waals surface area contributed by atoms with Crippen LogP contribution in [0, 0.1) is 5.92 Å². The van der Waals surface area contributed by atoms with Crippen molar-refractivity contribution in [2.45, 2.75) is 19.8 Å². The number of carbonyl (C=O) groups excluding carboxylic acids is 2. The van der Waals surface area contributed by atoms with E-state index in [1.165, 1.54) is 35.7 Å². The number of carbonyl (C=O) groups is 2. The molecule has 3 rings (SSSR count). The number of aromatic nitrogens is 3. The summed E-state index contributed by atoms with van der Waals surface area (Å²) in [5.74, 6) is -0.529. The first-order valence-electron chi connectivity index (χ1n) is 8.85. The molecule has 1 aliphatic carbocycles. The van der Waals surface area contributed by atoms with E-state index in [4.69, 9.17) is 4.74 Å². The molecule has 0 aliphatic heterocycles. The van der Waals surface area contributed by atoms with Crippen molar-refractivity contribution in [2.75, 3.05) is 19.7 Å². The number of fused-ring (bicyclic) bond motifs is 1. The lowest BCUT2D eigenvalue weighted by molar-refractivity contribution is -0.143. The molecule has 9 heteroatoms. The van der Waals surface area contributed by atoms with Crippen LogP contribution in [0.2, 0.25) is 0 Å². The molecule has 1 amide bonds. The topological polar surface area (TPSA) is 104 Å². The molecule has 2 aromatic rings. The summed E-state index contributed by atoms with van der Waals surface area (Å²) in [5, 5.41) is 0.246. The van der Waals surface area contributed by atoms with Crippen LogP contribution in [0.1, 0.15) is 30.3 Å². The fourth-order valence-corrected chi connectivity index (χ4v) is 2.93. The van der Waals surface area contributed by atoms with E-state index in [1.54, 1.807) is 6.92 Å². The highest BCUT2D eigenvalue weighted by Gasteiger charge is 2.29. The molecule has 9 nitrogen and oxygen atoms in total. The summed E-state index contributed by atoms with van der Waals surface area (Å²) in [6.45, 7) is 2.24. The maximum absolute atomic E-state index is 12.9. The smallest absolute Gasteiger partial charge is 0.332 e. The van der Waals surface area contributed by atoms with Crippen molar-refractivity contribution in [1.82, 2.24) is 19.0 Å². The highest BCUT2D eigenvalue weighted by Crippen LogP contribution is 2.30. The summed E-state index contributed by atoms with van der Waals surface area (Å²) in [6, 6.07) is 2.93. The van der Waals surface area contributed by atoms with Crippen LogP contribution in [0.25, 0.3) is 11.0 Å². The number of nitrogens with zero attached hydrogens (tertiary/aromatic N) is 4. The normalized spacial score (nSPS) is 13.6. The van der Waals surface area contributed by atoms with Crippen LogP contribution in [-0.2, 0) is 23.6 Å². The molecule has 2 aromatic heterocycles. The average molecular weight is 374 g/mol. The molecule has 1 saturated carbocycles. The summed E-state index contributed by atoms with van der Waals surface area (Å²) >= 11 is 0. The molecule has 27 heavy (non-hydrogen) atoms. The van der Waals surface area contributed by atoms with Crippen molar-refractivity contribution in [3.8, 4) is 0 Å². The van der Waals surface area contributed by atoms with Gasteiger partial charge in [0.25, 0.3) is 11.5 Å². The first kappa shape index (κ1) is 18.8. The summed E-state index contributed by atoms with van der Waals surface area (Å²) < 4.78 is 7.17. The Morgan fingerprint density at radius 1 is 1.22 bits per heavy atom. The van der Waals surface area contributed by atoms with Crippen LogP contribution in [0.15, 0.2) is 21.7 Å². The molecule has 0 atom stereocenters. The van der Waals surface area contributed by atoms with Crippen molar-refractivity contribution >= 4 is 22.9 Å². The maximum Gasteiger partial charge on any atom is 0.332 e. The summed E-state index contributed by atoms with van der Waals surface area (Å²) in [4.78, 5) is 54.8. The zero-order chi connectivity index (χ0) is 19.7. The van der Waals surface area contributed by atoms with E-state index in [0.717, 1.165) is 17.4 Å². The first-order valence-corrected chi connectivity index (χ1v) is 8.85. The van der Waals surface area contributed by atoms with Gasteiger partial charge in [0, 0.05) is 20.6 Å². The molecule has 0 saturated heterocycles. The van der Waals surface area contributed by atoms with Crippen LogP contribution < -0.4 is 11.2 Å². The number of pyridine rings is 1. The summed E-state index contributed by atoms with van der Waals surface area (Å²) in [5.41, 5.74) is -0.779. The monoisotopic (exact) mass is 374 g/mol. The highest BCUT2D eigenvalue weighted by atomic mass is 16.5. The molecule has 0 spiro atoms. The lowest BCUT2D eigenvalue weighted by Crippen LogP contribution is -2.39. The maximum atomic E-state index is 12.9. The van der Waals surface area contributed by atoms with Crippen molar-refractivity contribution in [1.29, 1.82) is 0 Å². The summed E-state index contributed by atoms with van der Waals surface area (Å²) in [6.07, 6.45) is 2.03. The van der Waals surface area contributed by atoms with Crippen LogP contribution in [0.4, 0.5) is 0 Å². The zero-order valence-electron chi connectivity index (χ0n) is 15.6. The van der Waals surface area contributed by atoms with Crippen LogP contribution in [0.3, 0.4) is 0 Å². The second-order valence-corrected chi connectivity index (χ2v) is 6.71. The third-order valence-electron chi connectivity index (χ3n) is 4.61. The average Bonchev–Trinajstić information content (AvgIpc) is 3.47. The third-order valence-corrected chi connectivity index (χ3v) is 4.61. The van der Waals surface area contributed by atoms with Crippen LogP contribution in [-0.4, -0.2) is 50.6 Å². The Morgan fingerprint density at radius 3 is 2.56 bits per heavy atom. The molecule has 0 unspecified atom stereocenters. The second-order valence-electron chi connectivity index (χ2n) is 6.71. The fraction of sp³-hybridized carbons (Fsp3) is 0.500. The van der Waals surface area contributed by atoms with Crippen LogP contribution in [0.5, 0.6) is 0 Å². The molecule has 1 aliphatic rings. The van der Waals surface area contributed by atoms with Crippen molar-refractivity contribution in [2.24, 2.45) is 20.0 Å². The van der Waals surface area contributed by atoms with E-state index >= 15 is 0 Å². The van der Waals surface area contributed by atoms with Gasteiger partial charge in [-0.15, -0.1) is 0 Å². The second kappa shape index (κ2) is 7.34. The lowest BCUT2D eigenvalue weighted by Gasteiger charge is -2.21. The standard InChI is InChI=1S/C18H22N4O5/c1-4-27-14(23)10-22(9-11-5-6-11)17(25)13-8-7-12-15(19-13)20(2)18(26)21(3)16(12)24/h7-8,11H,4-6,9-10H2,1-3H3. The number of rotatable bonds is 6. The number of hydrogen-bond donors (Lipinski definition) is 0. The quantitative estimate of drug-likeness (QED) is 0.662. The third kappa shape index (κ3) is 3.76. The minimum atomic E-state index is -0.522. The number of hydrogen-bond acceptors (Lipinski definition) is 6. The first-order chi connectivity index (χ1) is 12.8. The van der Waals surface area contributed by atoms with E-state index in [9.17, 15) is 19.2 Å². The number of aryl methyl sites for hydroxylation is 1. The Bertz CT molecular complexity index is 1020. The molecule has 2 heterocycles. The van der Waals surface area contributed by atoms with Crippen LogP contribution >= 0.6 is 0 Å². The predicted octanol–water partition coefficient (Wildman–Crippen LogP) is 0.0475. The number of amides is 1. The fourth-order valence-electron chi connectivity index (χ4n) is 2.93.